The van der Waals surface area contributed by atoms with E-state index in [1.54, 1.807) is 17.3 Å². The lowest BCUT2D eigenvalue weighted by Gasteiger charge is -2.32. The van der Waals surface area contributed by atoms with Gasteiger partial charge in [-0.1, -0.05) is 30.3 Å². The Balaban J connectivity index is 1.33. The monoisotopic (exact) mass is 443 g/mol. The molecule has 1 N–H and O–H groups in total. The number of pyridine rings is 1. The second kappa shape index (κ2) is 10.8. The fraction of sp³-hybridized carbons (Fsp3) is 0.296. The lowest BCUT2D eigenvalue weighted by Crippen LogP contribution is -2.44. The van der Waals surface area contributed by atoms with Crippen LogP contribution in [0.4, 0.5) is 5.69 Å². The first kappa shape index (κ1) is 22.5. The molecule has 1 aromatic heterocycles. The summed E-state index contributed by atoms with van der Waals surface area (Å²) in [5, 5.41) is 3.10. The number of hydrogen-bond donors (Lipinski definition) is 1. The van der Waals surface area contributed by atoms with E-state index >= 15 is 0 Å². The van der Waals surface area contributed by atoms with Crippen molar-refractivity contribution in [3.05, 3.63) is 78.6 Å². The predicted molar refractivity (Wildman–Crippen MR) is 129 cm³/mol. The van der Waals surface area contributed by atoms with Gasteiger partial charge >= 0.3 is 0 Å². The Kier molecular flexibility index (Phi) is 7.35. The minimum Gasteiger partial charge on any atom is -0.493 e. The van der Waals surface area contributed by atoms with Crippen molar-refractivity contribution in [1.29, 1.82) is 0 Å². The number of benzene rings is 2. The zero-order chi connectivity index (χ0) is 23.0. The quantitative estimate of drug-likeness (QED) is 0.574. The van der Waals surface area contributed by atoms with Gasteiger partial charge in [0.15, 0.2) is 0 Å². The van der Waals surface area contributed by atoms with E-state index in [2.05, 4.69) is 10.3 Å². The molecule has 0 spiro atoms. The molecule has 1 saturated heterocycles. The molecular weight excluding hydrogens is 414 g/mol. The van der Waals surface area contributed by atoms with Crippen molar-refractivity contribution in [3.63, 3.8) is 0 Å². The minimum atomic E-state index is -0.221. The Morgan fingerprint density at radius 3 is 2.64 bits per heavy atom. The number of nitrogens with one attached hydrogen (secondary N) is 1. The van der Waals surface area contributed by atoms with Crippen LogP contribution >= 0.6 is 0 Å². The highest BCUT2D eigenvalue weighted by Gasteiger charge is 2.28. The van der Waals surface area contributed by atoms with E-state index in [4.69, 9.17) is 4.74 Å². The number of para-hydroxylation sites is 1. The number of rotatable bonds is 7. The fourth-order valence-corrected chi connectivity index (χ4v) is 4.06. The number of carbonyl (C=O) groups is 2. The highest BCUT2D eigenvalue weighted by atomic mass is 16.5. The number of anilines is 1. The van der Waals surface area contributed by atoms with Crippen LogP contribution in [-0.2, 0) is 9.59 Å². The third-order valence-electron chi connectivity index (χ3n) is 5.98. The highest BCUT2D eigenvalue weighted by molar-refractivity contribution is 5.94. The van der Waals surface area contributed by atoms with E-state index in [0.717, 1.165) is 41.0 Å². The first-order chi connectivity index (χ1) is 16.1. The summed E-state index contributed by atoms with van der Waals surface area (Å²) in [4.78, 5) is 31.6. The molecule has 4 rings (SSSR count). The molecule has 0 bridgehead atoms. The zero-order valence-electron chi connectivity index (χ0n) is 18.9. The molecule has 1 aliphatic rings. The number of likely N-dealkylation sites (tertiary alicyclic amines) is 1. The SMILES string of the molecule is Cc1ccc(-c2ccncc2)cc1NC(=O)C1CCCN(C(=O)CCOc2ccccc2)C1. The molecule has 0 saturated carbocycles. The first-order valence-corrected chi connectivity index (χ1v) is 11.4. The lowest BCUT2D eigenvalue weighted by atomic mass is 9.96. The number of aromatic nitrogens is 1. The number of amides is 2. The largest absolute Gasteiger partial charge is 0.493 e. The van der Waals surface area contributed by atoms with Crippen LogP contribution in [0, 0.1) is 12.8 Å². The van der Waals surface area contributed by atoms with Gasteiger partial charge in [0.1, 0.15) is 5.75 Å². The molecule has 1 fully saturated rings. The Bertz CT molecular complexity index is 1090. The smallest absolute Gasteiger partial charge is 0.229 e. The fourth-order valence-electron chi connectivity index (χ4n) is 4.06. The second-order valence-electron chi connectivity index (χ2n) is 8.35. The van der Waals surface area contributed by atoms with Crippen LogP contribution in [0.1, 0.15) is 24.8 Å². The van der Waals surface area contributed by atoms with Crippen molar-refractivity contribution in [2.45, 2.75) is 26.2 Å². The number of ether oxygens (including phenoxy) is 1. The number of nitrogens with zero attached hydrogens (tertiary/aromatic N) is 2. The van der Waals surface area contributed by atoms with Gasteiger partial charge in [0.2, 0.25) is 11.8 Å². The normalized spacial score (nSPS) is 15.7. The Hall–Kier alpha value is -3.67. The number of piperidine rings is 1. The van der Waals surface area contributed by atoms with E-state index in [0.29, 0.717) is 26.1 Å². The van der Waals surface area contributed by atoms with Gasteiger partial charge in [-0.05, 0) is 66.8 Å². The molecule has 3 aromatic rings. The van der Waals surface area contributed by atoms with Crippen molar-refractivity contribution in [2.24, 2.45) is 5.92 Å². The van der Waals surface area contributed by atoms with E-state index < -0.39 is 0 Å². The lowest BCUT2D eigenvalue weighted by molar-refractivity contribution is -0.135. The number of hydrogen-bond acceptors (Lipinski definition) is 4. The van der Waals surface area contributed by atoms with Gasteiger partial charge in [0.25, 0.3) is 0 Å². The van der Waals surface area contributed by atoms with Gasteiger partial charge < -0.3 is 15.0 Å². The van der Waals surface area contributed by atoms with Gasteiger partial charge in [0, 0.05) is 31.2 Å². The molecule has 1 atom stereocenters. The molecule has 1 aliphatic heterocycles. The summed E-state index contributed by atoms with van der Waals surface area (Å²) >= 11 is 0. The topological polar surface area (TPSA) is 71.5 Å². The summed E-state index contributed by atoms with van der Waals surface area (Å²) in [5.41, 5.74) is 3.88. The van der Waals surface area contributed by atoms with Crippen LogP contribution < -0.4 is 10.1 Å². The molecule has 170 valence electrons. The highest BCUT2D eigenvalue weighted by Crippen LogP contribution is 2.26. The third kappa shape index (κ3) is 5.98. The van der Waals surface area contributed by atoms with Crippen LogP contribution in [0.15, 0.2) is 73.1 Å². The average molecular weight is 444 g/mol. The Morgan fingerprint density at radius 1 is 1.06 bits per heavy atom. The summed E-state index contributed by atoms with van der Waals surface area (Å²) in [6.07, 6.45) is 5.41. The average Bonchev–Trinajstić information content (AvgIpc) is 2.86. The van der Waals surface area contributed by atoms with Gasteiger partial charge in [-0.3, -0.25) is 14.6 Å². The van der Waals surface area contributed by atoms with Crippen molar-refractivity contribution >= 4 is 17.5 Å². The summed E-state index contributed by atoms with van der Waals surface area (Å²) in [7, 11) is 0. The van der Waals surface area contributed by atoms with Crippen molar-refractivity contribution in [2.75, 3.05) is 25.0 Å². The minimum absolute atomic E-state index is 0.0271. The first-order valence-electron chi connectivity index (χ1n) is 11.4. The van der Waals surface area contributed by atoms with Crippen LogP contribution in [-0.4, -0.2) is 41.4 Å². The molecule has 33 heavy (non-hydrogen) atoms. The van der Waals surface area contributed by atoms with Gasteiger partial charge in [-0.2, -0.15) is 0 Å². The van der Waals surface area contributed by atoms with Gasteiger partial charge in [-0.25, -0.2) is 0 Å². The Morgan fingerprint density at radius 2 is 1.85 bits per heavy atom. The van der Waals surface area contributed by atoms with E-state index in [9.17, 15) is 9.59 Å². The molecule has 2 aromatic carbocycles. The molecule has 6 heteroatoms. The molecule has 6 nitrogen and oxygen atoms in total. The third-order valence-corrected chi connectivity index (χ3v) is 5.98. The summed E-state index contributed by atoms with van der Waals surface area (Å²) in [6, 6.07) is 19.4. The van der Waals surface area contributed by atoms with Crippen LogP contribution in [0.25, 0.3) is 11.1 Å². The summed E-state index contributed by atoms with van der Waals surface area (Å²) in [6.45, 7) is 3.44. The maximum atomic E-state index is 13.1. The van der Waals surface area contributed by atoms with Crippen molar-refractivity contribution in [1.82, 2.24) is 9.88 Å². The van der Waals surface area contributed by atoms with Crippen LogP contribution in [0.2, 0.25) is 0 Å². The second-order valence-corrected chi connectivity index (χ2v) is 8.35. The molecule has 2 heterocycles. The standard InChI is InChI=1S/C27H29N3O3/c1-20-9-10-22(21-11-14-28-15-12-21)18-25(20)29-27(32)23-6-5-16-30(19-23)26(31)13-17-33-24-7-3-2-4-8-24/h2-4,7-12,14-15,18,23H,5-6,13,16-17,19H2,1H3,(H,29,32). The maximum Gasteiger partial charge on any atom is 0.229 e. The number of carbonyl (C=O) groups excluding carboxylic acids is 2. The van der Waals surface area contributed by atoms with E-state index in [1.807, 2.05) is 67.6 Å². The summed E-state index contributed by atoms with van der Waals surface area (Å²) < 4.78 is 5.65. The van der Waals surface area contributed by atoms with Crippen molar-refractivity contribution < 1.29 is 14.3 Å². The predicted octanol–water partition coefficient (Wildman–Crippen LogP) is 4.70. The Labute approximate surface area is 194 Å². The molecule has 0 aliphatic carbocycles. The van der Waals surface area contributed by atoms with Crippen molar-refractivity contribution in [3.8, 4) is 16.9 Å². The molecule has 1 unspecified atom stereocenters. The van der Waals surface area contributed by atoms with Gasteiger partial charge in [-0.15, -0.1) is 0 Å². The molecule has 0 radical (unpaired) electrons. The van der Waals surface area contributed by atoms with Crippen LogP contribution in [0.5, 0.6) is 5.75 Å². The maximum absolute atomic E-state index is 13.1. The number of aryl methyl sites for hydroxylation is 1. The van der Waals surface area contributed by atoms with Crippen LogP contribution in [0.3, 0.4) is 0 Å². The molecule has 2 amide bonds. The van der Waals surface area contributed by atoms with E-state index in [1.165, 1.54) is 0 Å². The zero-order valence-corrected chi connectivity index (χ0v) is 18.9. The van der Waals surface area contributed by atoms with E-state index in [-0.39, 0.29) is 17.7 Å². The molecular formula is C27H29N3O3. The van der Waals surface area contributed by atoms with Gasteiger partial charge in [0.05, 0.1) is 18.9 Å². The summed E-state index contributed by atoms with van der Waals surface area (Å²) in [5.74, 6) is 0.523.